The standard InChI is InChI=1S/C16H18ClN3O3S2/c17-12-6-4-5-11(9-12)15(23)19-18-13(21)7-2-1-3-8-20-14(22)10-25-16(20)24/h4-6,9H,1-3,7-8,10H2,(H,18,21)(H,19,23). The van der Waals surface area contributed by atoms with Crippen LogP contribution in [0.1, 0.15) is 36.0 Å². The van der Waals surface area contributed by atoms with Gasteiger partial charge in [0.15, 0.2) is 0 Å². The third kappa shape index (κ3) is 6.30. The van der Waals surface area contributed by atoms with Crippen LogP contribution in [0.3, 0.4) is 0 Å². The predicted octanol–water partition coefficient (Wildman–Crippen LogP) is 2.52. The Bertz CT molecular complexity index is 668. The molecule has 0 atom stereocenters. The lowest BCUT2D eigenvalue weighted by atomic mass is 10.2. The van der Waals surface area contributed by atoms with E-state index in [0.29, 0.717) is 40.0 Å². The molecular weight excluding hydrogens is 382 g/mol. The zero-order valence-electron chi connectivity index (χ0n) is 13.4. The fourth-order valence-corrected chi connectivity index (χ4v) is 3.53. The zero-order chi connectivity index (χ0) is 18.2. The summed E-state index contributed by atoms with van der Waals surface area (Å²) in [5.74, 6) is -0.210. The van der Waals surface area contributed by atoms with Gasteiger partial charge < -0.3 is 0 Å². The van der Waals surface area contributed by atoms with E-state index in [4.69, 9.17) is 23.8 Å². The maximum atomic E-state index is 11.9. The van der Waals surface area contributed by atoms with Crippen molar-refractivity contribution >= 4 is 57.6 Å². The Morgan fingerprint density at radius 2 is 2.04 bits per heavy atom. The van der Waals surface area contributed by atoms with Crippen LogP contribution in [0.5, 0.6) is 0 Å². The summed E-state index contributed by atoms with van der Waals surface area (Å²) in [6.45, 7) is 0.595. The molecule has 6 nitrogen and oxygen atoms in total. The minimum Gasteiger partial charge on any atom is -0.297 e. The number of carbonyl (C=O) groups excluding carboxylic acids is 3. The van der Waals surface area contributed by atoms with Crippen LogP contribution in [0, 0.1) is 0 Å². The van der Waals surface area contributed by atoms with E-state index in [0.717, 1.165) is 12.8 Å². The number of rotatable bonds is 7. The van der Waals surface area contributed by atoms with Gasteiger partial charge in [-0.25, -0.2) is 0 Å². The van der Waals surface area contributed by atoms with Gasteiger partial charge in [0, 0.05) is 23.6 Å². The highest BCUT2D eigenvalue weighted by Gasteiger charge is 2.25. The SMILES string of the molecule is O=C(CCCCCN1C(=O)CSC1=S)NNC(=O)c1cccc(Cl)c1. The van der Waals surface area contributed by atoms with Crippen LogP contribution in [-0.4, -0.2) is 39.2 Å². The highest BCUT2D eigenvalue weighted by molar-refractivity contribution is 8.23. The molecule has 1 heterocycles. The number of halogens is 1. The molecule has 1 aliphatic heterocycles. The average molecular weight is 400 g/mol. The number of thioether (sulfide) groups is 1. The zero-order valence-corrected chi connectivity index (χ0v) is 15.8. The molecule has 0 aromatic heterocycles. The lowest BCUT2D eigenvalue weighted by Gasteiger charge is -2.14. The second kappa shape index (κ2) is 9.74. The minimum absolute atomic E-state index is 0.0523. The van der Waals surface area contributed by atoms with E-state index in [1.165, 1.54) is 17.8 Å². The largest absolute Gasteiger partial charge is 0.297 e. The number of hydrogen-bond acceptors (Lipinski definition) is 5. The number of carbonyl (C=O) groups is 3. The number of thiocarbonyl (C=S) groups is 1. The number of hydrogen-bond donors (Lipinski definition) is 2. The molecule has 3 amide bonds. The van der Waals surface area contributed by atoms with Gasteiger partial charge in [-0.05, 0) is 31.0 Å². The average Bonchev–Trinajstić information content (AvgIpc) is 2.91. The van der Waals surface area contributed by atoms with E-state index in [9.17, 15) is 14.4 Å². The summed E-state index contributed by atoms with van der Waals surface area (Å²) >= 11 is 12.3. The van der Waals surface area contributed by atoms with Gasteiger partial charge in [0.25, 0.3) is 5.91 Å². The summed E-state index contributed by atoms with van der Waals surface area (Å²) < 4.78 is 0.631. The third-order valence-electron chi connectivity index (χ3n) is 3.53. The molecule has 1 aliphatic rings. The molecule has 25 heavy (non-hydrogen) atoms. The van der Waals surface area contributed by atoms with Crippen molar-refractivity contribution in [2.75, 3.05) is 12.3 Å². The van der Waals surface area contributed by atoms with Crippen molar-refractivity contribution in [2.24, 2.45) is 0 Å². The van der Waals surface area contributed by atoms with Gasteiger partial charge >= 0.3 is 0 Å². The van der Waals surface area contributed by atoms with Crippen LogP contribution in [0.25, 0.3) is 0 Å². The van der Waals surface area contributed by atoms with Crippen LogP contribution in [0.4, 0.5) is 0 Å². The quantitative estimate of drug-likeness (QED) is 0.418. The number of unbranched alkanes of at least 4 members (excludes halogenated alkanes) is 2. The molecule has 134 valence electrons. The number of amides is 3. The fraction of sp³-hybridized carbons (Fsp3) is 0.375. The Morgan fingerprint density at radius 3 is 2.72 bits per heavy atom. The maximum Gasteiger partial charge on any atom is 0.269 e. The molecular formula is C16H18ClN3O3S2. The first-order valence-corrected chi connectivity index (χ1v) is 9.56. The topological polar surface area (TPSA) is 78.5 Å². The Kier molecular flexibility index (Phi) is 7.67. The van der Waals surface area contributed by atoms with Crippen LogP contribution in [0.15, 0.2) is 24.3 Å². The van der Waals surface area contributed by atoms with Crippen molar-refractivity contribution < 1.29 is 14.4 Å². The van der Waals surface area contributed by atoms with Gasteiger partial charge in [0.1, 0.15) is 4.32 Å². The molecule has 0 unspecified atom stereocenters. The summed E-state index contributed by atoms with van der Waals surface area (Å²) in [6, 6.07) is 6.45. The number of nitrogens with one attached hydrogen (secondary N) is 2. The van der Waals surface area contributed by atoms with Crippen molar-refractivity contribution in [2.45, 2.75) is 25.7 Å². The first-order chi connectivity index (χ1) is 12.0. The molecule has 0 radical (unpaired) electrons. The van der Waals surface area contributed by atoms with Crippen LogP contribution in [-0.2, 0) is 9.59 Å². The normalized spacial score (nSPS) is 13.9. The summed E-state index contributed by atoms with van der Waals surface area (Å²) in [5.41, 5.74) is 5.10. The van der Waals surface area contributed by atoms with Crippen LogP contribution in [0.2, 0.25) is 5.02 Å². The summed E-state index contributed by atoms with van der Waals surface area (Å²) in [7, 11) is 0. The van der Waals surface area contributed by atoms with E-state index in [1.54, 1.807) is 23.1 Å². The molecule has 0 aliphatic carbocycles. The third-order valence-corrected chi connectivity index (χ3v) is 5.20. The summed E-state index contributed by atoms with van der Waals surface area (Å²) in [6.07, 6.45) is 2.55. The first kappa shape index (κ1) is 19.7. The van der Waals surface area contributed by atoms with Gasteiger partial charge in [-0.2, -0.15) is 0 Å². The van der Waals surface area contributed by atoms with Gasteiger partial charge in [-0.1, -0.05) is 48.1 Å². The van der Waals surface area contributed by atoms with E-state index >= 15 is 0 Å². The first-order valence-electron chi connectivity index (χ1n) is 7.79. The molecule has 2 N–H and O–H groups in total. The highest BCUT2D eigenvalue weighted by atomic mass is 35.5. The van der Waals surface area contributed by atoms with E-state index in [-0.39, 0.29) is 11.8 Å². The summed E-state index contributed by atoms with van der Waals surface area (Å²) in [5, 5.41) is 0.452. The molecule has 9 heteroatoms. The minimum atomic E-state index is -0.422. The number of nitrogens with zero attached hydrogens (tertiary/aromatic N) is 1. The molecule has 1 aromatic rings. The Labute approximate surface area is 160 Å². The monoisotopic (exact) mass is 399 g/mol. The second-order valence-corrected chi connectivity index (χ2v) is 7.47. The number of hydrazine groups is 1. The van der Waals surface area contributed by atoms with Crippen LogP contribution < -0.4 is 10.9 Å². The van der Waals surface area contributed by atoms with E-state index in [1.807, 2.05) is 0 Å². The summed E-state index contributed by atoms with van der Waals surface area (Å²) in [4.78, 5) is 36.7. The van der Waals surface area contributed by atoms with E-state index < -0.39 is 5.91 Å². The Morgan fingerprint density at radius 1 is 1.24 bits per heavy atom. The molecule has 0 bridgehead atoms. The smallest absolute Gasteiger partial charge is 0.269 e. The van der Waals surface area contributed by atoms with Crippen molar-refractivity contribution in [1.82, 2.24) is 15.8 Å². The highest BCUT2D eigenvalue weighted by Crippen LogP contribution is 2.19. The molecule has 0 saturated carbocycles. The van der Waals surface area contributed by atoms with Crippen molar-refractivity contribution in [3.8, 4) is 0 Å². The number of benzene rings is 1. The lowest BCUT2D eigenvalue weighted by Crippen LogP contribution is -2.41. The van der Waals surface area contributed by atoms with Crippen molar-refractivity contribution in [1.29, 1.82) is 0 Å². The van der Waals surface area contributed by atoms with Gasteiger partial charge in [0.05, 0.1) is 5.75 Å². The van der Waals surface area contributed by atoms with E-state index in [2.05, 4.69) is 10.9 Å². The molecule has 1 fully saturated rings. The van der Waals surface area contributed by atoms with Gasteiger partial charge in [-0.3, -0.25) is 30.1 Å². The molecule has 2 rings (SSSR count). The molecule has 0 spiro atoms. The second-order valence-electron chi connectivity index (χ2n) is 5.42. The molecule has 1 saturated heterocycles. The molecule has 1 aromatic carbocycles. The Hall–Kier alpha value is -1.64. The fourth-order valence-electron chi connectivity index (χ4n) is 2.22. The lowest BCUT2D eigenvalue weighted by molar-refractivity contribution is -0.124. The predicted molar refractivity (Wildman–Crippen MR) is 102 cm³/mol. The Balaban J connectivity index is 1.59. The van der Waals surface area contributed by atoms with Gasteiger partial charge in [-0.15, -0.1) is 0 Å². The maximum absolute atomic E-state index is 11.9. The van der Waals surface area contributed by atoms with Crippen molar-refractivity contribution in [3.63, 3.8) is 0 Å². The van der Waals surface area contributed by atoms with Crippen LogP contribution >= 0.6 is 35.6 Å². The van der Waals surface area contributed by atoms with Gasteiger partial charge in [0.2, 0.25) is 11.8 Å². The van der Waals surface area contributed by atoms with Crippen molar-refractivity contribution in [3.05, 3.63) is 34.9 Å².